The molecule has 0 aliphatic carbocycles. The van der Waals surface area contributed by atoms with Crippen LogP contribution in [-0.2, 0) is 4.79 Å². The largest absolute Gasteiger partial charge is 0.369 e. The first-order valence-corrected chi connectivity index (χ1v) is 9.91. The van der Waals surface area contributed by atoms with Crippen molar-refractivity contribution in [3.63, 3.8) is 0 Å². The number of piperidine rings is 1. The molecule has 1 aliphatic rings. The van der Waals surface area contributed by atoms with Crippen molar-refractivity contribution in [3.05, 3.63) is 83.7 Å². The van der Waals surface area contributed by atoms with Crippen molar-refractivity contribution in [2.75, 3.05) is 13.1 Å². The molecule has 1 fully saturated rings. The van der Waals surface area contributed by atoms with Crippen molar-refractivity contribution in [2.45, 2.75) is 12.8 Å². The number of hydrogen-bond acceptors (Lipinski definition) is 3. The maximum absolute atomic E-state index is 13.0. The summed E-state index contributed by atoms with van der Waals surface area (Å²) in [4.78, 5) is 26.2. The van der Waals surface area contributed by atoms with Crippen LogP contribution >= 0.6 is 0 Å². The summed E-state index contributed by atoms with van der Waals surface area (Å²) in [5.41, 5.74) is 8.40. The molecule has 2 amide bonds. The first-order chi connectivity index (χ1) is 14.6. The highest BCUT2D eigenvalue weighted by Crippen LogP contribution is 2.21. The average molecular weight is 398 g/mol. The molecule has 3 aromatic rings. The van der Waals surface area contributed by atoms with Gasteiger partial charge in [0.25, 0.3) is 5.91 Å². The van der Waals surface area contributed by atoms with Crippen LogP contribution in [0.1, 0.15) is 34.3 Å². The lowest BCUT2D eigenvalue weighted by Gasteiger charge is -2.30. The van der Waals surface area contributed by atoms with E-state index in [0.717, 1.165) is 16.8 Å². The van der Waals surface area contributed by atoms with Gasteiger partial charge < -0.3 is 10.6 Å². The number of aromatic nitrogens is 2. The lowest BCUT2D eigenvalue weighted by molar-refractivity contribution is -0.123. The molecule has 0 atom stereocenters. The fourth-order valence-corrected chi connectivity index (χ4v) is 3.59. The number of carbonyl (C=O) groups is 2. The van der Waals surface area contributed by atoms with Crippen LogP contribution < -0.4 is 5.73 Å². The highest BCUT2D eigenvalue weighted by Gasteiger charge is 2.26. The molecule has 1 saturated heterocycles. The molecule has 2 heterocycles. The van der Waals surface area contributed by atoms with E-state index in [-0.39, 0.29) is 17.7 Å². The van der Waals surface area contributed by atoms with E-state index in [1.54, 1.807) is 21.8 Å². The zero-order valence-electron chi connectivity index (χ0n) is 16.5. The van der Waals surface area contributed by atoms with Crippen LogP contribution in [0.5, 0.6) is 0 Å². The van der Waals surface area contributed by atoms with E-state index >= 15 is 0 Å². The first kappa shape index (κ1) is 19.5. The van der Waals surface area contributed by atoms with E-state index in [4.69, 9.17) is 5.73 Å². The summed E-state index contributed by atoms with van der Waals surface area (Å²) in [6, 6.07) is 17.0. The van der Waals surface area contributed by atoms with Gasteiger partial charge in [0.15, 0.2) is 0 Å². The summed E-state index contributed by atoms with van der Waals surface area (Å²) in [5, 5.41) is 4.30. The van der Waals surface area contributed by atoms with Crippen LogP contribution in [0.25, 0.3) is 5.69 Å². The molecule has 2 N–H and O–H groups in total. The summed E-state index contributed by atoms with van der Waals surface area (Å²) in [5.74, 6) is 5.86. The number of nitrogens with two attached hydrogens (primary N) is 1. The van der Waals surface area contributed by atoms with Gasteiger partial charge in [0.1, 0.15) is 0 Å². The summed E-state index contributed by atoms with van der Waals surface area (Å²) >= 11 is 0. The Kier molecular flexibility index (Phi) is 5.62. The Bertz CT molecular complexity index is 1100. The summed E-state index contributed by atoms with van der Waals surface area (Å²) in [6.07, 6.45) is 4.76. The van der Waals surface area contributed by atoms with Crippen molar-refractivity contribution < 1.29 is 9.59 Å². The Morgan fingerprint density at radius 1 is 1.00 bits per heavy atom. The smallest absolute Gasteiger partial charge is 0.253 e. The Balaban J connectivity index is 1.63. The predicted molar refractivity (Wildman–Crippen MR) is 114 cm³/mol. The van der Waals surface area contributed by atoms with Crippen LogP contribution in [0.3, 0.4) is 0 Å². The van der Waals surface area contributed by atoms with Crippen molar-refractivity contribution >= 4 is 11.8 Å². The number of nitrogens with zero attached hydrogens (tertiary/aromatic N) is 3. The number of rotatable bonds is 3. The maximum atomic E-state index is 13.0. The van der Waals surface area contributed by atoms with Gasteiger partial charge >= 0.3 is 0 Å². The SMILES string of the molecule is NC(=O)C1CCN(C(=O)c2ccc(-n3cccn3)c(C#Cc3ccccc3)c2)CC1. The predicted octanol–water partition coefficient (Wildman–Crippen LogP) is 2.61. The number of hydrogen-bond donors (Lipinski definition) is 1. The van der Waals surface area contributed by atoms with Gasteiger partial charge in [0.2, 0.25) is 5.91 Å². The minimum absolute atomic E-state index is 0.0623. The van der Waals surface area contributed by atoms with E-state index in [1.165, 1.54) is 0 Å². The van der Waals surface area contributed by atoms with Gasteiger partial charge in [0, 0.05) is 42.5 Å². The van der Waals surface area contributed by atoms with Gasteiger partial charge in [-0.2, -0.15) is 5.10 Å². The Morgan fingerprint density at radius 3 is 2.43 bits per heavy atom. The lowest BCUT2D eigenvalue weighted by atomic mass is 9.95. The summed E-state index contributed by atoms with van der Waals surface area (Å²) in [6.45, 7) is 1.05. The van der Waals surface area contributed by atoms with E-state index < -0.39 is 0 Å². The van der Waals surface area contributed by atoms with E-state index in [9.17, 15) is 9.59 Å². The average Bonchev–Trinajstić information content (AvgIpc) is 3.32. The zero-order valence-corrected chi connectivity index (χ0v) is 16.5. The monoisotopic (exact) mass is 398 g/mol. The molecule has 0 bridgehead atoms. The van der Waals surface area contributed by atoms with Gasteiger partial charge in [0.05, 0.1) is 11.3 Å². The first-order valence-electron chi connectivity index (χ1n) is 9.91. The second kappa shape index (κ2) is 8.66. The van der Waals surface area contributed by atoms with E-state index in [0.29, 0.717) is 31.5 Å². The third-order valence-corrected chi connectivity index (χ3v) is 5.29. The van der Waals surface area contributed by atoms with Gasteiger partial charge in [-0.3, -0.25) is 9.59 Å². The van der Waals surface area contributed by atoms with E-state index in [1.807, 2.05) is 54.7 Å². The van der Waals surface area contributed by atoms with E-state index in [2.05, 4.69) is 16.9 Å². The lowest BCUT2D eigenvalue weighted by Crippen LogP contribution is -2.41. The topological polar surface area (TPSA) is 81.2 Å². The number of benzene rings is 2. The van der Waals surface area contributed by atoms with Crippen LogP contribution in [0.4, 0.5) is 0 Å². The van der Waals surface area contributed by atoms with Crippen LogP contribution in [0.15, 0.2) is 67.0 Å². The molecule has 1 aromatic heterocycles. The summed E-state index contributed by atoms with van der Waals surface area (Å²) in [7, 11) is 0. The highest BCUT2D eigenvalue weighted by atomic mass is 16.2. The molecule has 0 spiro atoms. The molecular weight excluding hydrogens is 376 g/mol. The molecular formula is C24H22N4O2. The Hall–Kier alpha value is -3.85. The number of likely N-dealkylation sites (tertiary alicyclic amines) is 1. The fraction of sp³-hybridized carbons (Fsp3) is 0.208. The molecule has 0 saturated carbocycles. The Labute approximate surface area is 175 Å². The van der Waals surface area contributed by atoms with Crippen LogP contribution in [-0.4, -0.2) is 39.6 Å². The molecule has 4 rings (SSSR count). The molecule has 0 radical (unpaired) electrons. The zero-order chi connectivity index (χ0) is 20.9. The fourth-order valence-electron chi connectivity index (χ4n) is 3.59. The van der Waals surface area contributed by atoms with Crippen LogP contribution in [0, 0.1) is 17.8 Å². The quantitative estimate of drug-likeness (QED) is 0.689. The maximum Gasteiger partial charge on any atom is 0.253 e. The molecule has 150 valence electrons. The van der Waals surface area contributed by atoms with Crippen molar-refractivity contribution in [1.82, 2.24) is 14.7 Å². The minimum Gasteiger partial charge on any atom is -0.369 e. The Morgan fingerprint density at radius 2 is 1.77 bits per heavy atom. The second-order valence-corrected chi connectivity index (χ2v) is 7.27. The highest BCUT2D eigenvalue weighted by molar-refractivity contribution is 5.95. The molecule has 2 aromatic carbocycles. The van der Waals surface area contributed by atoms with Crippen molar-refractivity contribution in [2.24, 2.45) is 11.7 Å². The van der Waals surface area contributed by atoms with Gasteiger partial charge in [-0.1, -0.05) is 30.0 Å². The van der Waals surface area contributed by atoms with Gasteiger partial charge in [-0.15, -0.1) is 0 Å². The van der Waals surface area contributed by atoms with Gasteiger partial charge in [-0.05, 0) is 49.2 Å². The molecule has 0 unspecified atom stereocenters. The van der Waals surface area contributed by atoms with Crippen molar-refractivity contribution in [3.8, 4) is 17.5 Å². The van der Waals surface area contributed by atoms with Crippen molar-refractivity contribution in [1.29, 1.82) is 0 Å². The van der Waals surface area contributed by atoms with Crippen LogP contribution in [0.2, 0.25) is 0 Å². The molecule has 6 heteroatoms. The minimum atomic E-state index is -0.288. The third-order valence-electron chi connectivity index (χ3n) is 5.29. The normalized spacial score (nSPS) is 14.1. The summed E-state index contributed by atoms with van der Waals surface area (Å²) < 4.78 is 1.74. The number of carbonyl (C=O) groups excluding carboxylic acids is 2. The van der Waals surface area contributed by atoms with Gasteiger partial charge in [-0.25, -0.2) is 4.68 Å². The standard InChI is InChI=1S/C24H22N4O2/c25-23(29)19-11-15-27(16-12-19)24(30)21-9-10-22(28-14-4-13-26-28)20(17-21)8-7-18-5-2-1-3-6-18/h1-6,9-10,13-14,17,19H,11-12,15-16H2,(H2,25,29). The molecule has 6 nitrogen and oxygen atoms in total. The molecule has 30 heavy (non-hydrogen) atoms. The second-order valence-electron chi connectivity index (χ2n) is 7.27. The molecule has 1 aliphatic heterocycles. The number of amides is 2. The third kappa shape index (κ3) is 4.26. The number of primary amides is 1.